The molecule has 0 spiro atoms. The summed E-state index contributed by atoms with van der Waals surface area (Å²) in [6.07, 6.45) is 1.45. The van der Waals surface area contributed by atoms with Gasteiger partial charge < -0.3 is 4.74 Å². The zero-order chi connectivity index (χ0) is 13.1. The van der Waals surface area contributed by atoms with Gasteiger partial charge in [0.1, 0.15) is 0 Å². The van der Waals surface area contributed by atoms with E-state index in [-0.39, 0.29) is 16.8 Å². The minimum atomic E-state index is -3.52. The Balaban J connectivity index is 3.24. The Morgan fingerprint density at radius 2 is 2.06 bits per heavy atom. The van der Waals surface area contributed by atoms with Crippen LogP contribution in [0.5, 0.6) is 0 Å². The normalized spacial score (nSPS) is 10.7. The van der Waals surface area contributed by atoms with Crippen LogP contribution in [-0.4, -0.2) is 34.0 Å². The first-order valence-electron chi connectivity index (χ1n) is 4.52. The highest BCUT2D eigenvalue weighted by molar-refractivity contribution is 7.92. The number of nitrogens with one attached hydrogen (secondary N) is 1. The molecule has 1 rings (SSSR count). The molecule has 1 aromatic rings. The standard InChI is InChI=1S/C10H11NO5S/c1-16-10(13)7-3-4-8(6-12)9(5-7)11-17(2,14)15/h3-6,11H,1-2H3. The molecule has 17 heavy (non-hydrogen) atoms. The first-order chi connectivity index (χ1) is 7.87. The van der Waals surface area contributed by atoms with Crippen molar-refractivity contribution < 1.29 is 22.7 Å². The van der Waals surface area contributed by atoms with Crippen LogP contribution in [0.15, 0.2) is 18.2 Å². The van der Waals surface area contributed by atoms with E-state index in [4.69, 9.17) is 0 Å². The Morgan fingerprint density at radius 1 is 1.41 bits per heavy atom. The third-order valence-electron chi connectivity index (χ3n) is 1.90. The highest BCUT2D eigenvalue weighted by atomic mass is 32.2. The summed E-state index contributed by atoms with van der Waals surface area (Å²) in [5, 5.41) is 0. The average molecular weight is 257 g/mol. The topological polar surface area (TPSA) is 89.5 Å². The number of esters is 1. The summed E-state index contributed by atoms with van der Waals surface area (Å²) in [6.45, 7) is 0. The lowest BCUT2D eigenvalue weighted by Crippen LogP contribution is -2.12. The smallest absolute Gasteiger partial charge is 0.337 e. The van der Waals surface area contributed by atoms with Crippen molar-refractivity contribution in [3.05, 3.63) is 29.3 Å². The van der Waals surface area contributed by atoms with Crippen molar-refractivity contribution in [3.63, 3.8) is 0 Å². The van der Waals surface area contributed by atoms with Crippen LogP contribution in [0.1, 0.15) is 20.7 Å². The molecule has 0 aliphatic carbocycles. The van der Waals surface area contributed by atoms with Gasteiger partial charge >= 0.3 is 5.97 Å². The van der Waals surface area contributed by atoms with E-state index in [0.29, 0.717) is 6.29 Å². The van der Waals surface area contributed by atoms with E-state index in [1.807, 2.05) is 0 Å². The number of benzene rings is 1. The van der Waals surface area contributed by atoms with E-state index in [1.54, 1.807) is 0 Å². The maximum Gasteiger partial charge on any atom is 0.337 e. The number of carbonyl (C=O) groups excluding carboxylic acids is 2. The van der Waals surface area contributed by atoms with E-state index >= 15 is 0 Å². The highest BCUT2D eigenvalue weighted by Crippen LogP contribution is 2.18. The molecule has 0 fully saturated rings. The molecule has 7 heteroatoms. The first kappa shape index (κ1) is 13.2. The van der Waals surface area contributed by atoms with Crippen molar-refractivity contribution >= 4 is 28.0 Å². The Bertz CT molecular complexity index is 550. The quantitative estimate of drug-likeness (QED) is 0.632. The lowest BCUT2D eigenvalue weighted by Gasteiger charge is -2.08. The minimum Gasteiger partial charge on any atom is -0.465 e. The van der Waals surface area contributed by atoms with Gasteiger partial charge in [-0.15, -0.1) is 0 Å². The molecular weight excluding hydrogens is 246 g/mol. The van der Waals surface area contributed by atoms with Crippen molar-refractivity contribution in [1.29, 1.82) is 0 Å². The van der Waals surface area contributed by atoms with E-state index < -0.39 is 16.0 Å². The molecular formula is C10H11NO5S. The van der Waals surface area contributed by atoms with Gasteiger partial charge in [-0.05, 0) is 18.2 Å². The van der Waals surface area contributed by atoms with Gasteiger partial charge in [0.2, 0.25) is 10.0 Å². The number of aldehydes is 1. The van der Waals surface area contributed by atoms with Crippen LogP contribution in [-0.2, 0) is 14.8 Å². The van der Waals surface area contributed by atoms with E-state index in [9.17, 15) is 18.0 Å². The van der Waals surface area contributed by atoms with Gasteiger partial charge in [-0.1, -0.05) is 0 Å². The van der Waals surface area contributed by atoms with Crippen molar-refractivity contribution in [1.82, 2.24) is 0 Å². The van der Waals surface area contributed by atoms with Crippen LogP contribution < -0.4 is 4.72 Å². The minimum absolute atomic E-state index is 0.0467. The number of rotatable bonds is 4. The number of methoxy groups -OCH3 is 1. The molecule has 0 saturated heterocycles. The molecule has 0 amide bonds. The molecule has 0 aromatic heterocycles. The number of hydrogen-bond donors (Lipinski definition) is 1. The summed E-state index contributed by atoms with van der Waals surface area (Å²) >= 11 is 0. The lowest BCUT2D eigenvalue weighted by molar-refractivity contribution is 0.0600. The summed E-state index contributed by atoms with van der Waals surface area (Å²) < 4.78 is 28.8. The summed E-state index contributed by atoms with van der Waals surface area (Å²) in [7, 11) is -2.31. The Hall–Kier alpha value is -1.89. The second kappa shape index (κ2) is 4.96. The van der Waals surface area contributed by atoms with Gasteiger partial charge in [0, 0.05) is 5.56 Å². The van der Waals surface area contributed by atoms with E-state index in [0.717, 1.165) is 6.26 Å². The summed E-state index contributed by atoms with van der Waals surface area (Å²) in [5.41, 5.74) is 0.345. The molecule has 0 radical (unpaired) electrons. The molecule has 92 valence electrons. The van der Waals surface area contributed by atoms with E-state index in [1.165, 1.54) is 25.3 Å². The fourth-order valence-electron chi connectivity index (χ4n) is 1.19. The number of carbonyl (C=O) groups is 2. The molecule has 1 N–H and O–H groups in total. The fraction of sp³-hybridized carbons (Fsp3) is 0.200. The van der Waals surface area contributed by atoms with Gasteiger partial charge in [-0.3, -0.25) is 9.52 Å². The first-order valence-corrected chi connectivity index (χ1v) is 6.42. The molecule has 0 atom stereocenters. The van der Waals surface area contributed by atoms with Crippen LogP contribution in [0.25, 0.3) is 0 Å². The Kier molecular flexibility index (Phi) is 3.84. The van der Waals surface area contributed by atoms with Gasteiger partial charge in [0.05, 0.1) is 24.6 Å². The van der Waals surface area contributed by atoms with Gasteiger partial charge in [0.25, 0.3) is 0 Å². The van der Waals surface area contributed by atoms with Crippen LogP contribution >= 0.6 is 0 Å². The summed E-state index contributed by atoms with van der Waals surface area (Å²) in [6, 6.07) is 3.96. The highest BCUT2D eigenvalue weighted by Gasteiger charge is 2.12. The maximum atomic E-state index is 11.2. The molecule has 0 unspecified atom stereocenters. The average Bonchev–Trinajstić information content (AvgIpc) is 2.25. The zero-order valence-corrected chi connectivity index (χ0v) is 10.1. The second-order valence-electron chi connectivity index (χ2n) is 3.29. The largest absolute Gasteiger partial charge is 0.465 e. The van der Waals surface area contributed by atoms with Gasteiger partial charge in [0.15, 0.2) is 6.29 Å². The number of anilines is 1. The third-order valence-corrected chi connectivity index (χ3v) is 2.49. The van der Waals surface area contributed by atoms with Crippen molar-refractivity contribution in [2.75, 3.05) is 18.1 Å². The number of hydrogen-bond acceptors (Lipinski definition) is 5. The lowest BCUT2D eigenvalue weighted by atomic mass is 10.1. The zero-order valence-electron chi connectivity index (χ0n) is 9.26. The molecule has 6 nitrogen and oxygen atoms in total. The molecule has 0 aliphatic rings. The van der Waals surface area contributed by atoms with Crippen LogP contribution in [0.3, 0.4) is 0 Å². The van der Waals surface area contributed by atoms with Gasteiger partial charge in [-0.2, -0.15) is 0 Å². The molecule has 1 aromatic carbocycles. The van der Waals surface area contributed by atoms with Crippen LogP contribution in [0, 0.1) is 0 Å². The molecule has 0 aliphatic heterocycles. The SMILES string of the molecule is COC(=O)c1ccc(C=O)c(NS(C)(=O)=O)c1. The summed E-state index contributed by atoms with van der Waals surface area (Å²) in [4.78, 5) is 22.0. The molecule has 0 heterocycles. The van der Waals surface area contributed by atoms with Crippen LogP contribution in [0.4, 0.5) is 5.69 Å². The molecule has 0 bridgehead atoms. The van der Waals surface area contributed by atoms with Crippen molar-refractivity contribution in [2.24, 2.45) is 0 Å². The Morgan fingerprint density at radius 3 is 2.53 bits per heavy atom. The van der Waals surface area contributed by atoms with Crippen molar-refractivity contribution in [3.8, 4) is 0 Å². The predicted molar refractivity (Wildman–Crippen MR) is 61.6 cm³/mol. The monoisotopic (exact) mass is 257 g/mol. The van der Waals surface area contributed by atoms with E-state index in [2.05, 4.69) is 9.46 Å². The van der Waals surface area contributed by atoms with Crippen LogP contribution in [0.2, 0.25) is 0 Å². The Labute approximate surface area is 98.6 Å². The number of ether oxygens (including phenoxy) is 1. The maximum absolute atomic E-state index is 11.2. The van der Waals surface area contributed by atoms with Crippen molar-refractivity contribution in [2.45, 2.75) is 0 Å². The third kappa shape index (κ3) is 3.56. The summed E-state index contributed by atoms with van der Waals surface area (Å²) in [5.74, 6) is -0.612. The molecule has 0 saturated carbocycles. The fourth-order valence-corrected chi connectivity index (χ4v) is 1.77. The second-order valence-corrected chi connectivity index (χ2v) is 5.03. The van der Waals surface area contributed by atoms with Gasteiger partial charge in [-0.25, -0.2) is 13.2 Å². The number of sulfonamides is 1. The predicted octanol–water partition coefficient (Wildman–Crippen LogP) is 0.657.